The third kappa shape index (κ3) is 13.7. The van der Waals surface area contributed by atoms with Gasteiger partial charge in [-0.05, 0) is 158 Å². The van der Waals surface area contributed by atoms with Crippen molar-refractivity contribution in [1.29, 1.82) is 0 Å². The Morgan fingerprint density at radius 2 is 1.06 bits per heavy atom. The van der Waals surface area contributed by atoms with E-state index in [2.05, 4.69) is 34.9 Å². The molecule has 11 unspecified atom stereocenters. The summed E-state index contributed by atoms with van der Waals surface area (Å²) < 4.78 is 50.8. The average Bonchev–Trinajstić information content (AvgIpc) is 1.31. The molecule has 4 aliphatic heterocycles. The molecule has 4 saturated carbocycles. The number of alkyl carbamates (subject to hydrolysis) is 2. The SMILES string of the molecule is CCOc1c2c(nc3ccccc13)OC1CC(C(=O)OC)N(C1)C(=O)C(C1CCCC1)NC(=O)OC1CCC(COC(=O)C3CC4CN3C(=O)C(C3CCCC3)NC(=O)OC3CCCC3CCC=CCc3c(nc5ccccc5c3OCC)O4)C1CCC=CC2. The molecule has 2 aromatic carbocycles. The number of benzene rings is 2. The van der Waals surface area contributed by atoms with Crippen molar-refractivity contribution in [3.05, 3.63) is 84.0 Å². The Kier molecular flexibility index (Phi) is 19.9. The first kappa shape index (κ1) is 62.5. The number of pyridine rings is 2. The molecule has 11 atom stereocenters. The largest absolute Gasteiger partial charge is 0.493 e. The zero-order valence-corrected chi connectivity index (χ0v) is 52.3. The fourth-order valence-corrected chi connectivity index (χ4v) is 15.9. The number of nitrogens with one attached hydrogen (secondary N) is 2. The molecule has 0 radical (unpaired) electrons. The van der Waals surface area contributed by atoms with Crippen LogP contribution in [0.25, 0.3) is 21.8 Å². The van der Waals surface area contributed by atoms with Crippen LogP contribution in [0.1, 0.15) is 147 Å². The number of methoxy groups -OCH3 is 1. The number of hydrogen-bond donors (Lipinski definition) is 2. The van der Waals surface area contributed by atoms with Crippen LogP contribution in [0.15, 0.2) is 72.8 Å². The molecule has 4 aliphatic carbocycles. The van der Waals surface area contributed by atoms with E-state index in [1.807, 2.05) is 62.4 Å². The number of rotatable bonds is 10. The minimum Gasteiger partial charge on any atom is -0.493 e. The maximum absolute atomic E-state index is 15.4. The summed E-state index contributed by atoms with van der Waals surface area (Å²) in [5, 5.41) is 7.74. The van der Waals surface area contributed by atoms with Crippen LogP contribution in [0.3, 0.4) is 0 Å². The Balaban J connectivity index is 0.838. The van der Waals surface area contributed by atoms with Crippen molar-refractivity contribution in [2.45, 2.75) is 197 Å². The number of esters is 2. The number of carbonyl (C=O) groups is 6. The monoisotopic (exact) mass is 1240 g/mol. The van der Waals surface area contributed by atoms with Crippen LogP contribution in [-0.2, 0) is 51.0 Å². The second-order valence-corrected chi connectivity index (χ2v) is 25.9. The fourth-order valence-electron chi connectivity index (χ4n) is 15.9. The molecule has 20 nitrogen and oxygen atoms in total. The lowest BCUT2D eigenvalue weighted by molar-refractivity contribution is -0.156. The highest BCUT2D eigenvalue weighted by Crippen LogP contribution is 2.43. The molecule has 12 rings (SSSR count). The van der Waals surface area contributed by atoms with Gasteiger partial charge in [0.1, 0.15) is 60.1 Å². The van der Waals surface area contributed by atoms with Crippen molar-refractivity contribution < 1.29 is 66.7 Å². The second kappa shape index (κ2) is 28.7. The van der Waals surface area contributed by atoms with Crippen LogP contribution >= 0.6 is 0 Å². The summed E-state index contributed by atoms with van der Waals surface area (Å²) in [6.45, 7) is 4.75. The molecule has 2 aromatic heterocycles. The third-order valence-electron chi connectivity index (χ3n) is 20.4. The summed E-state index contributed by atoms with van der Waals surface area (Å²) in [6, 6.07) is 11.5. The van der Waals surface area contributed by atoms with Gasteiger partial charge in [0.15, 0.2) is 0 Å². The molecule has 482 valence electrons. The minimum atomic E-state index is -1.08. The van der Waals surface area contributed by atoms with Crippen LogP contribution in [0.2, 0.25) is 0 Å². The van der Waals surface area contributed by atoms with Crippen LogP contribution in [0.4, 0.5) is 9.59 Å². The zero-order valence-electron chi connectivity index (χ0n) is 52.3. The van der Waals surface area contributed by atoms with Crippen LogP contribution in [0, 0.1) is 29.6 Å². The van der Waals surface area contributed by atoms with E-state index in [0.717, 1.165) is 92.5 Å². The molecular formula is C70H88N6O14. The van der Waals surface area contributed by atoms with E-state index in [0.29, 0.717) is 98.9 Å². The average molecular weight is 1240 g/mol. The molecular weight excluding hydrogens is 1150 g/mol. The standard InChI is InChI=1S/C70H88N6O14/c1-4-84-61-49-28-16-19-33-54(49)72-64-51(61)30-10-6-8-21-42-26-20-34-57(42)89-69(81)73-60(44-24-14-15-25-44)66(78)76-40-47(88-64)38-56(76)68(80)86-41-45-35-36-58-48(45)27-9-7-11-31-52-62(85-5-2)50-29-17-18-32-53(50)71-63(52)87-46-37-55(67(79)83-3)75(39-46)65(77)59(74-70(82)90-58)43-22-12-13-23-43/h6-7,10-11,16-19,28-29,32-33,42-48,55-60H,4-5,8-9,12-15,20-27,30-31,34-41H2,1-3H3,(H,73,81)(H,74,82). The van der Waals surface area contributed by atoms with E-state index in [1.165, 1.54) is 12.0 Å². The molecule has 4 amide bonds. The van der Waals surface area contributed by atoms with Crippen LogP contribution < -0.4 is 29.6 Å². The van der Waals surface area contributed by atoms with Crippen molar-refractivity contribution in [2.24, 2.45) is 29.6 Å². The predicted molar refractivity (Wildman–Crippen MR) is 334 cm³/mol. The topological polar surface area (TPSA) is 233 Å². The van der Waals surface area contributed by atoms with Gasteiger partial charge in [0, 0.05) is 29.5 Å². The third-order valence-corrected chi connectivity index (χ3v) is 20.4. The van der Waals surface area contributed by atoms with E-state index in [4.69, 9.17) is 47.9 Å². The molecule has 90 heavy (non-hydrogen) atoms. The number of allylic oxidation sites excluding steroid dienone is 4. The molecule has 0 spiro atoms. The van der Waals surface area contributed by atoms with Crippen molar-refractivity contribution >= 4 is 57.7 Å². The quantitative estimate of drug-likeness (QED) is 0.0854. The van der Waals surface area contributed by atoms with Crippen LogP contribution in [-0.4, -0.2) is 144 Å². The number of hydrogen-bond acceptors (Lipinski definition) is 16. The van der Waals surface area contributed by atoms with Crippen molar-refractivity contribution in [1.82, 2.24) is 30.4 Å². The minimum absolute atomic E-state index is 0.0201. The molecule has 2 N–H and O–H groups in total. The zero-order chi connectivity index (χ0) is 62.3. The lowest BCUT2D eigenvalue weighted by Gasteiger charge is -2.32. The van der Waals surface area contributed by atoms with Gasteiger partial charge in [-0.2, -0.15) is 0 Å². The summed E-state index contributed by atoms with van der Waals surface area (Å²) >= 11 is 0. The molecule has 4 bridgehead atoms. The number of para-hydroxylation sites is 2. The highest BCUT2D eigenvalue weighted by molar-refractivity contribution is 5.93. The highest BCUT2D eigenvalue weighted by atomic mass is 16.6. The van der Waals surface area contributed by atoms with E-state index in [9.17, 15) is 14.4 Å². The smallest absolute Gasteiger partial charge is 0.408 e. The maximum atomic E-state index is 15.4. The summed E-state index contributed by atoms with van der Waals surface area (Å²) in [6.07, 6.45) is 18.9. The molecule has 6 heterocycles. The summed E-state index contributed by atoms with van der Waals surface area (Å²) in [5.74, 6) is -0.673. The Morgan fingerprint density at radius 1 is 0.556 bits per heavy atom. The van der Waals surface area contributed by atoms with Gasteiger partial charge in [-0.3, -0.25) is 9.59 Å². The Hall–Kier alpha value is -7.64. The first-order valence-electron chi connectivity index (χ1n) is 33.5. The van der Waals surface area contributed by atoms with Gasteiger partial charge in [0.2, 0.25) is 23.6 Å². The Labute approximate surface area is 526 Å². The van der Waals surface area contributed by atoms with E-state index in [1.54, 1.807) is 4.90 Å². The lowest BCUT2D eigenvalue weighted by Crippen LogP contribution is -2.55. The first-order chi connectivity index (χ1) is 44.0. The predicted octanol–water partition coefficient (Wildman–Crippen LogP) is 10.6. The molecule has 2 saturated heterocycles. The van der Waals surface area contributed by atoms with Crippen molar-refractivity contribution in [2.75, 3.05) is 40.0 Å². The van der Waals surface area contributed by atoms with Gasteiger partial charge in [0.25, 0.3) is 0 Å². The lowest BCUT2D eigenvalue weighted by atomic mass is 9.90. The van der Waals surface area contributed by atoms with Crippen molar-refractivity contribution in [3.8, 4) is 23.3 Å². The number of fused-ring (bicyclic) bond motifs is 10. The van der Waals surface area contributed by atoms with E-state index < -0.39 is 72.5 Å². The maximum Gasteiger partial charge on any atom is 0.408 e. The Morgan fingerprint density at radius 3 is 1.59 bits per heavy atom. The second-order valence-electron chi connectivity index (χ2n) is 25.9. The first-order valence-corrected chi connectivity index (χ1v) is 33.5. The number of nitrogens with zero attached hydrogens (tertiary/aromatic N) is 4. The molecule has 4 aromatic rings. The van der Waals surface area contributed by atoms with Crippen LogP contribution in [0.5, 0.6) is 23.3 Å². The fraction of sp³-hybridized carbons (Fsp3) is 0.600. The van der Waals surface area contributed by atoms with Gasteiger partial charge in [-0.15, -0.1) is 0 Å². The van der Waals surface area contributed by atoms with Crippen molar-refractivity contribution in [3.63, 3.8) is 0 Å². The van der Waals surface area contributed by atoms with Gasteiger partial charge < -0.3 is 58.3 Å². The summed E-state index contributed by atoms with van der Waals surface area (Å²) in [4.78, 5) is 101. The number of aromatic nitrogens is 2. The Bertz CT molecular complexity index is 3320. The van der Waals surface area contributed by atoms with Gasteiger partial charge in [-0.25, -0.2) is 29.1 Å². The van der Waals surface area contributed by atoms with E-state index >= 15 is 14.4 Å². The molecule has 8 aliphatic rings. The number of ether oxygens (including phenoxy) is 8. The van der Waals surface area contributed by atoms with Gasteiger partial charge >= 0.3 is 24.1 Å². The van der Waals surface area contributed by atoms with Gasteiger partial charge in [0.05, 0.1) is 62.2 Å². The summed E-state index contributed by atoms with van der Waals surface area (Å²) in [5.41, 5.74) is 2.86. The normalized spacial score (nSPS) is 29.0. The highest BCUT2D eigenvalue weighted by Gasteiger charge is 2.50. The molecule has 6 fully saturated rings. The van der Waals surface area contributed by atoms with Gasteiger partial charge in [-0.1, -0.05) is 74.3 Å². The number of amides is 4. The molecule has 20 heteroatoms. The number of carbonyl (C=O) groups excluding carboxylic acids is 6. The summed E-state index contributed by atoms with van der Waals surface area (Å²) in [7, 11) is 1.30. The van der Waals surface area contributed by atoms with E-state index in [-0.39, 0.29) is 74.1 Å².